The second-order valence-corrected chi connectivity index (χ2v) is 9.99. The van der Waals surface area contributed by atoms with Crippen LogP contribution in [0.3, 0.4) is 0 Å². The smallest absolute Gasteiger partial charge is 0.267 e. The fourth-order valence-electron chi connectivity index (χ4n) is 3.61. The van der Waals surface area contributed by atoms with Gasteiger partial charge in [-0.3, -0.25) is 9.69 Å². The third kappa shape index (κ3) is 7.23. The SMILES string of the molecule is CCOc1cc(/C=N/N=C2\S/C(=C\c3ccc(OCC(C)C)c(OC)c3)C(=O)N2Cc2ccco2)ccc1O. The molecule has 0 atom stereocenters. The van der Waals surface area contributed by atoms with E-state index in [0.29, 0.717) is 57.8 Å². The Morgan fingerprint density at radius 2 is 1.87 bits per heavy atom. The average molecular weight is 550 g/mol. The fraction of sp³-hybridized carbons (Fsp3) is 0.276. The number of hydrogen-bond acceptors (Lipinski definition) is 9. The average Bonchev–Trinajstić information content (AvgIpc) is 3.54. The molecule has 1 aliphatic heterocycles. The topological polar surface area (TPSA) is 106 Å². The molecule has 3 aromatic rings. The molecule has 1 aliphatic rings. The Morgan fingerprint density at radius 3 is 2.59 bits per heavy atom. The number of furan rings is 1. The van der Waals surface area contributed by atoms with Gasteiger partial charge < -0.3 is 23.7 Å². The second kappa shape index (κ2) is 13.1. The van der Waals surface area contributed by atoms with Crippen LogP contribution in [0.4, 0.5) is 0 Å². The molecule has 204 valence electrons. The molecule has 2 aromatic carbocycles. The number of phenols is 1. The molecule has 1 fully saturated rings. The molecule has 2 heterocycles. The number of methoxy groups -OCH3 is 1. The molecule has 39 heavy (non-hydrogen) atoms. The van der Waals surface area contributed by atoms with Crippen molar-refractivity contribution < 1.29 is 28.5 Å². The number of aromatic hydroxyl groups is 1. The predicted octanol–water partition coefficient (Wildman–Crippen LogP) is 5.93. The highest BCUT2D eigenvalue weighted by atomic mass is 32.2. The van der Waals surface area contributed by atoms with Crippen LogP contribution < -0.4 is 14.2 Å². The lowest BCUT2D eigenvalue weighted by Crippen LogP contribution is -2.28. The van der Waals surface area contributed by atoms with Crippen LogP contribution >= 0.6 is 11.8 Å². The molecule has 1 aromatic heterocycles. The normalized spacial score (nSPS) is 15.7. The molecule has 0 radical (unpaired) electrons. The van der Waals surface area contributed by atoms with Crippen molar-refractivity contribution in [3.63, 3.8) is 0 Å². The molecule has 0 unspecified atom stereocenters. The van der Waals surface area contributed by atoms with Gasteiger partial charge in [-0.2, -0.15) is 5.10 Å². The Morgan fingerprint density at radius 1 is 1.08 bits per heavy atom. The standard InChI is InChI=1S/C29H31N3O6S/c1-5-36-25-14-21(8-10-23(25)33)16-30-31-29-32(17-22-7-6-12-37-22)28(34)27(39-29)15-20-9-11-24(26(13-20)35-4)38-18-19(2)3/h6-16,19,33H,5,17-18H2,1-4H3/b27-15-,30-16+,31-29-. The number of ether oxygens (including phenoxy) is 3. The van der Waals surface area contributed by atoms with Crippen LogP contribution in [0.5, 0.6) is 23.0 Å². The molecule has 10 heteroatoms. The summed E-state index contributed by atoms with van der Waals surface area (Å²) < 4.78 is 22.2. The number of hydrogen-bond donors (Lipinski definition) is 1. The van der Waals surface area contributed by atoms with Gasteiger partial charge in [-0.15, -0.1) is 5.10 Å². The van der Waals surface area contributed by atoms with Crippen LogP contribution in [0.15, 0.2) is 74.3 Å². The number of benzene rings is 2. The van der Waals surface area contributed by atoms with E-state index in [1.165, 1.54) is 28.9 Å². The summed E-state index contributed by atoms with van der Waals surface area (Å²) in [7, 11) is 1.59. The number of carbonyl (C=O) groups excluding carboxylic acids is 1. The molecule has 0 aliphatic carbocycles. The van der Waals surface area contributed by atoms with Crippen LogP contribution in [0.1, 0.15) is 37.7 Å². The highest BCUT2D eigenvalue weighted by Gasteiger charge is 2.34. The lowest BCUT2D eigenvalue weighted by molar-refractivity contribution is -0.122. The van der Waals surface area contributed by atoms with Crippen molar-refractivity contribution in [3.05, 3.63) is 76.6 Å². The van der Waals surface area contributed by atoms with Crippen molar-refractivity contribution in [2.45, 2.75) is 27.3 Å². The van der Waals surface area contributed by atoms with E-state index < -0.39 is 0 Å². The number of amidine groups is 1. The van der Waals surface area contributed by atoms with E-state index in [-0.39, 0.29) is 18.2 Å². The zero-order valence-corrected chi connectivity index (χ0v) is 23.1. The lowest BCUT2D eigenvalue weighted by Gasteiger charge is -2.13. The maximum absolute atomic E-state index is 13.4. The van der Waals surface area contributed by atoms with Gasteiger partial charge in [0.05, 0.1) is 44.3 Å². The summed E-state index contributed by atoms with van der Waals surface area (Å²) in [5, 5.41) is 18.9. The number of phenolic OH excluding ortho intramolecular Hbond substituents is 1. The van der Waals surface area contributed by atoms with Gasteiger partial charge in [0.2, 0.25) is 0 Å². The van der Waals surface area contributed by atoms with Crippen molar-refractivity contribution in [2.24, 2.45) is 16.1 Å². The fourth-order valence-corrected chi connectivity index (χ4v) is 4.54. The summed E-state index contributed by atoms with van der Waals surface area (Å²) in [6, 6.07) is 14.0. The third-order valence-electron chi connectivity index (χ3n) is 5.47. The molecule has 0 bridgehead atoms. The van der Waals surface area contributed by atoms with E-state index in [4.69, 9.17) is 18.6 Å². The number of thioether (sulfide) groups is 1. The van der Waals surface area contributed by atoms with Gasteiger partial charge in [-0.25, -0.2) is 0 Å². The van der Waals surface area contributed by atoms with Gasteiger partial charge in [-0.1, -0.05) is 19.9 Å². The summed E-state index contributed by atoms with van der Waals surface area (Å²) in [5.74, 6) is 2.43. The Bertz CT molecular complexity index is 1380. The zero-order chi connectivity index (χ0) is 27.8. The Balaban J connectivity index is 1.59. The number of nitrogens with zero attached hydrogens (tertiary/aromatic N) is 3. The molecule has 0 saturated carbocycles. The van der Waals surface area contributed by atoms with Crippen LogP contribution in [-0.2, 0) is 11.3 Å². The minimum atomic E-state index is -0.215. The largest absolute Gasteiger partial charge is 0.504 e. The molecule has 0 spiro atoms. The molecule has 9 nitrogen and oxygen atoms in total. The predicted molar refractivity (Wildman–Crippen MR) is 152 cm³/mol. The summed E-state index contributed by atoms with van der Waals surface area (Å²) in [5.41, 5.74) is 1.48. The van der Waals surface area contributed by atoms with Gasteiger partial charge in [-0.05, 0) is 84.3 Å². The highest BCUT2D eigenvalue weighted by Crippen LogP contribution is 2.36. The molecule has 1 amide bonds. The van der Waals surface area contributed by atoms with E-state index in [9.17, 15) is 9.90 Å². The van der Waals surface area contributed by atoms with Crippen molar-refractivity contribution in [2.75, 3.05) is 20.3 Å². The van der Waals surface area contributed by atoms with Crippen LogP contribution in [-0.4, -0.2) is 47.6 Å². The Hall–Kier alpha value is -4.18. The second-order valence-electron chi connectivity index (χ2n) is 8.98. The van der Waals surface area contributed by atoms with Gasteiger partial charge in [0, 0.05) is 0 Å². The van der Waals surface area contributed by atoms with Gasteiger partial charge in [0.25, 0.3) is 5.91 Å². The zero-order valence-electron chi connectivity index (χ0n) is 22.3. The summed E-state index contributed by atoms with van der Waals surface area (Å²) in [6.45, 7) is 7.20. The lowest BCUT2D eigenvalue weighted by atomic mass is 10.1. The van der Waals surface area contributed by atoms with Crippen LogP contribution in [0.25, 0.3) is 6.08 Å². The van der Waals surface area contributed by atoms with E-state index in [0.717, 1.165) is 5.56 Å². The molecule has 1 saturated heterocycles. The van der Waals surface area contributed by atoms with Gasteiger partial charge in [0.15, 0.2) is 28.2 Å². The summed E-state index contributed by atoms with van der Waals surface area (Å²) in [6.07, 6.45) is 4.88. The number of carbonyl (C=O) groups is 1. The van der Waals surface area contributed by atoms with Crippen LogP contribution in [0.2, 0.25) is 0 Å². The van der Waals surface area contributed by atoms with Crippen molar-refractivity contribution in [3.8, 4) is 23.0 Å². The van der Waals surface area contributed by atoms with Crippen LogP contribution in [0, 0.1) is 5.92 Å². The quantitative estimate of drug-likeness (QED) is 0.179. The van der Waals surface area contributed by atoms with Gasteiger partial charge >= 0.3 is 0 Å². The van der Waals surface area contributed by atoms with Crippen molar-refractivity contribution >= 4 is 35.1 Å². The first kappa shape index (κ1) is 27.8. The minimum absolute atomic E-state index is 0.0489. The summed E-state index contributed by atoms with van der Waals surface area (Å²) in [4.78, 5) is 15.4. The van der Waals surface area contributed by atoms with Crippen molar-refractivity contribution in [1.82, 2.24) is 4.90 Å². The van der Waals surface area contributed by atoms with E-state index in [1.807, 2.05) is 25.1 Å². The Labute approximate surface area is 231 Å². The number of amides is 1. The van der Waals surface area contributed by atoms with E-state index in [2.05, 4.69) is 24.1 Å². The molecule has 4 rings (SSSR count). The summed E-state index contributed by atoms with van der Waals surface area (Å²) >= 11 is 1.22. The van der Waals surface area contributed by atoms with E-state index in [1.54, 1.807) is 43.7 Å². The minimum Gasteiger partial charge on any atom is -0.504 e. The Kier molecular flexibility index (Phi) is 9.32. The number of rotatable bonds is 11. The van der Waals surface area contributed by atoms with Crippen molar-refractivity contribution in [1.29, 1.82) is 0 Å². The van der Waals surface area contributed by atoms with Gasteiger partial charge in [0.1, 0.15) is 5.76 Å². The maximum Gasteiger partial charge on any atom is 0.267 e. The van der Waals surface area contributed by atoms with E-state index >= 15 is 0 Å². The maximum atomic E-state index is 13.4. The first-order valence-electron chi connectivity index (χ1n) is 12.5. The first-order valence-corrected chi connectivity index (χ1v) is 13.3. The molecular formula is C29H31N3O6S. The first-order chi connectivity index (χ1) is 18.9. The molecular weight excluding hydrogens is 518 g/mol. The highest BCUT2D eigenvalue weighted by molar-refractivity contribution is 8.18. The third-order valence-corrected chi connectivity index (χ3v) is 6.47. The monoisotopic (exact) mass is 549 g/mol. The molecule has 1 N–H and O–H groups in total.